The highest BCUT2D eigenvalue weighted by Crippen LogP contribution is 2.28. The lowest BCUT2D eigenvalue weighted by molar-refractivity contribution is 0.203. The fourth-order valence-corrected chi connectivity index (χ4v) is 15.3. The summed E-state index contributed by atoms with van der Waals surface area (Å²) in [6.45, 7) is 36.3. The van der Waals surface area contributed by atoms with Crippen molar-refractivity contribution < 1.29 is 46.2 Å². The molecule has 0 N–H and O–H groups in total. The van der Waals surface area contributed by atoms with Gasteiger partial charge in [-0.05, 0) is 195 Å². The highest BCUT2D eigenvalue weighted by atomic mass is 32.2. The topological polar surface area (TPSA) is 167 Å². The summed E-state index contributed by atoms with van der Waals surface area (Å²) >= 11 is 0. The van der Waals surface area contributed by atoms with Gasteiger partial charge in [-0.25, -0.2) is 8.42 Å². The second kappa shape index (κ2) is 34.4. The third kappa shape index (κ3) is 25.5. The van der Waals surface area contributed by atoms with Crippen LogP contribution in [0, 0.1) is 72.1 Å². The van der Waals surface area contributed by atoms with Crippen LogP contribution in [0.25, 0.3) is 0 Å². The van der Waals surface area contributed by atoms with E-state index >= 15 is 0 Å². The Morgan fingerprint density at radius 3 is 0.968 bits per heavy atom. The highest BCUT2D eigenvalue weighted by molar-refractivity contribution is 7.89. The molecule has 0 fully saturated rings. The summed E-state index contributed by atoms with van der Waals surface area (Å²) in [5.74, 6) is 0.167. The van der Waals surface area contributed by atoms with E-state index in [0.29, 0.717) is 48.4 Å². The number of rotatable bonds is 22. The number of nitrogens with zero attached hydrogens (tertiary/aromatic N) is 1. The number of aryl methyl sites for hydroxylation is 8. The molecule has 0 amide bonds. The molecule has 12 nitrogen and oxygen atoms in total. The Kier molecular flexibility index (Phi) is 28.6. The minimum Gasteiger partial charge on any atom is -0.266 e. The molecule has 0 aromatic heterocycles. The van der Waals surface area contributed by atoms with Crippen molar-refractivity contribution in [3.63, 3.8) is 0 Å². The molecule has 0 aliphatic carbocycles. The maximum Gasteiger partial charge on any atom is 0.297 e. The molecule has 0 radical (unpaired) electrons. The van der Waals surface area contributed by atoms with Crippen molar-refractivity contribution in [3.05, 3.63) is 259 Å². The average molecular weight is 1360 g/mol. The molecule has 0 bridgehead atoms. The van der Waals surface area contributed by atoms with Crippen LogP contribution in [0.2, 0.25) is 0 Å². The van der Waals surface area contributed by atoms with Gasteiger partial charge in [0.15, 0.2) is 0 Å². The molecule has 0 heterocycles. The van der Waals surface area contributed by atoms with E-state index in [1.54, 1.807) is 38.1 Å². The molecular weight excluding hydrogens is 1260 g/mol. The largest absolute Gasteiger partial charge is 0.297 e. The van der Waals surface area contributed by atoms with E-state index < -0.39 is 40.4 Å². The van der Waals surface area contributed by atoms with Crippen LogP contribution in [0.15, 0.2) is 189 Å². The Balaban J connectivity index is 0.000000227. The van der Waals surface area contributed by atoms with Crippen LogP contribution in [-0.2, 0) is 78.6 Å². The average Bonchev–Trinajstić information content (AvgIpc) is 0.824. The Hall–Kier alpha value is -6.60. The van der Waals surface area contributed by atoms with E-state index in [9.17, 15) is 33.7 Å². The molecule has 0 unspecified atom stereocenters. The number of hydrogen-bond acceptors (Lipinski definition) is 11. The summed E-state index contributed by atoms with van der Waals surface area (Å²) in [5, 5.41) is 0. The zero-order valence-corrected chi connectivity index (χ0v) is 61.9. The monoisotopic (exact) mass is 1360 g/mol. The minimum absolute atomic E-state index is 0.163. The summed E-state index contributed by atoms with van der Waals surface area (Å²) in [5.41, 5.74) is 16.1. The van der Waals surface area contributed by atoms with Crippen LogP contribution < -0.4 is 0 Å². The van der Waals surface area contributed by atoms with Crippen molar-refractivity contribution in [2.24, 2.45) is 16.7 Å². The molecule has 16 heteroatoms. The van der Waals surface area contributed by atoms with Crippen LogP contribution in [-0.4, -0.2) is 70.9 Å². The minimum atomic E-state index is -3.75. The van der Waals surface area contributed by atoms with Gasteiger partial charge in [0.1, 0.15) is 0 Å². The van der Waals surface area contributed by atoms with Gasteiger partial charge in [-0.15, -0.1) is 0 Å². The van der Waals surface area contributed by atoms with Crippen molar-refractivity contribution >= 4 is 40.4 Å². The van der Waals surface area contributed by atoms with Gasteiger partial charge in [-0.1, -0.05) is 231 Å². The summed E-state index contributed by atoms with van der Waals surface area (Å²) in [6.07, 6.45) is 2.83. The van der Waals surface area contributed by atoms with Crippen LogP contribution in [0.1, 0.15) is 158 Å². The van der Waals surface area contributed by atoms with Crippen molar-refractivity contribution in [1.29, 1.82) is 0 Å². The highest BCUT2D eigenvalue weighted by Gasteiger charge is 2.26. The van der Waals surface area contributed by atoms with Crippen molar-refractivity contribution in [2.45, 2.75) is 170 Å². The van der Waals surface area contributed by atoms with E-state index in [-0.39, 0.29) is 51.3 Å². The van der Waals surface area contributed by atoms with E-state index in [4.69, 9.17) is 12.5 Å². The molecule has 8 aromatic rings. The van der Waals surface area contributed by atoms with Crippen LogP contribution >= 0.6 is 0 Å². The van der Waals surface area contributed by atoms with Crippen LogP contribution in [0.5, 0.6) is 0 Å². The fraction of sp³-hybridized carbons (Fsp3) is 0.385. The maximum atomic E-state index is 12.8. The first-order valence-corrected chi connectivity index (χ1v) is 37.7. The van der Waals surface area contributed by atoms with Gasteiger partial charge >= 0.3 is 0 Å². The first-order valence-electron chi connectivity index (χ1n) is 32.1. The van der Waals surface area contributed by atoms with Crippen molar-refractivity contribution in [1.82, 2.24) is 4.31 Å². The molecule has 0 saturated carbocycles. The first-order chi connectivity index (χ1) is 43.8. The van der Waals surface area contributed by atoms with Gasteiger partial charge < -0.3 is 0 Å². The molecule has 8 rings (SSSR count). The molecule has 508 valence electrons. The number of benzene rings is 8. The van der Waals surface area contributed by atoms with E-state index in [1.165, 1.54) is 32.1 Å². The van der Waals surface area contributed by atoms with E-state index in [0.717, 1.165) is 56.5 Å². The van der Waals surface area contributed by atoms with Gasteiger partial charge in [-0.2, -0.15) is 29.6 Å². The van der Waals surface area contributed by atoms with Crippen LogP contribution in [0.3, 0.4) is 0 Å². The Morgan fingerprint density at radius 2 is 0.638 bits per heavy atom. The van der Waals surface area contributed by atoms with Gasteiger partial charge in [0.05, 0.1) is 39.4 Å². The molecule has 0 aliphatic heterocycles. The van der Waals surface area contributed by atoms with Gasteiger partial charge in [0.25, 0.3) is 30.4 Å². The molecule has 0 saturated heterocycles. The molecule has 8 aromatic carbocycles. The van der Waals surface area contributed by atoms with Gasteiger partial charge in [0, 0.05) is 13.1 Å². The molecule has 0 aliphatic rings. The number of hydrogen-bond donors (Lipinski definition) is 0. The van der Waals surface area contributed by atoms with Crippen molar-refractivity contribution in [2.75, 3.05) is 32.9 Å². The first kappa shape index (κ1) is 78.1. The lowest BCUT2D eigenvalue weighted by Gasteiger charge is -2.20. The van der Waals surface area contributed by atoms with Gasteiger partial charge in [0.2, 0.25) is 10.0 Å². The number of sulfonamides is 1. The SMILES string of the molecule is CCN(CC)S(=O)(=O)c1cc(Cc2ccc(C)cc2)ccc1C.Cc1ccc(Cc2cc(C)cc(S(=O)(=O)OCC(C)(C)C)c2)cc1.Cc1ccc(Cc2ccc(C)c(S(=O)(=O)OCC(C)(C)C)c2)cc1.Cc1ccc(Cc2ccc(C)c(S(=O)(=O)OCC(C)C)c2)cc1. The van der Waals surface area contributed by atoms with E-state index in [1.807, 2.05) is 152 Å². The standard InChI is InChI=1S/2C20H26O3S.C19H25NO2S.C19H24O3S/c1-15-6-9-17(10-7-15)12-18-11-8-16(2)19(13-18)24(21,22)23-14-20(3,4)5;1-15-6-8-17(9-7-15)12-18-10-16(2)11-19(13-18)24(21,22)23-14-20(3,4)5;1-5-20(6-2)23(21,22)19-14-18(12-9-16(19)4)13-17-10-7-15(3)8-11-17;1-14(2)13-22-23(20,21)19-12-18(10-7-16(19)4)11-17-8-5-15(3)6-9-17/h2*6-11,13H,12,14H2,1-5H3;7-12,14H,5-6,13H2,1-4H3;5-10,12,14H,11,13H2,1-4H3. The fourth-order valence-electron chi connectivity index (χ4n) is 9.55. The molecule has 94 heavy (non-hydrogen) atoms. The van der Waals surface area contributed by atoms with Crippen LogP contribution in [0.4, 0.5) is 0 Å². The second-order valence-corrected chi connectivity index (χ2v) is 34.1. The van der Waals surface area contributed by atoms with Gasteiger partial charge in [-0.3, -0.25) is 12.5 Å². The summed E-state index contributed by atoms with van der Waals surface area (Å²) in [4.78, 5) is 1.18. The molecular formula is C78H101NO11S4. The third-order valence-corrected chi connectivity index (χ3v) is 21.2. The van der Waals surface area contributed by atoms with Crippen molar-refractivity contribution in [3.8, 4) is 0 Å². The zero-order chi connectivity index (χ0) is 70.0. The predicted molar refractivity (Wildman–Crippen MR) is 384 cm³/mol. The second-order valence-electron chi connectivity index (χ2n) is 27.4. The molecule has 0 atom stereocenters. The zero-order valence-electron chi connectivity index (χ0n) is 58.7. The Bertz CT molecular complexity index is 4220. The Morgan fingerprint density at radius 1 is 0.340 bits per heavy atom. The molecule has 0 spiro atoms. The normalized spacial score (nSPS) is 12.1. The quantitative estimate of drug-likeness (QED) is 0.0592. The summed E-state index contributed by atoms with van der Waals surface area (Å²) in [6, 6.07) is 55.4. The lowest BCUT2D eigenvalue weighted by atomic mass is 9.99. The third-order valence-electron chi connectivity index (χ3n) is 15.0. The lowest BCUT2D eigenvalue weighted by Crippen LogP contribution is -2.31. The Labute approximate surface area is 565 Å². The van der Waals surface area contributed by atoms with E-state index in [2.05, 4.69) is 104 Å². The summed E-state index contributed by atoms with van der Waals surface area (Å²) in [7, 11) is -14.6. The maximum absolute atomic E-state index is 12.8. The smallest absolute Gasteiger partial charge is 0.266 e. The summed E-state index contributed by atoms with van der Waals surface area (Å²) < 4.78 is 117. The predicted octanol–water partition coefficient (Wildman–Crippen LogP) is 17.5.